The topological polar surface area (TPSA) is 44.8 Å². The van der Waals surface area contributed by atoms with Crippen molar-refractivity contribution in [1.29, 1.82) is 0 Å². The van der Waals surface area contributed by atoms with Gasteiger partial charge in [-0.15, -0.1) is 0 Å². The molecule has 0 saturated heterocycles. The lowest BCUT2D eigenvalue weighted by molar-refractivity contribution is 0.0467. The number of hydrogen-bond donors (Lipinski definition) is 0. The summed E-state index contributed by atoms with van der Waals surface area (Å²) in [5.74, 6) is -0.634. The van der Waals surface area contributed by atoms with E-state index < -0.39 is 11.8 Å². The van der Waals surface area contributed by atoms with Crippen molar-refractivity contribution >= 4 is 29.2 Å². The second-order valence-corrected chi connectivity index (χ2v) is 5.59. The molecule has 0 unspecified atom stereocenters. The predicted molar refractivity (Wildman–Crippen MR) is 83.0 cm³/mol. The van der Waals surface area contributed by atoms with E-state index in [1.807, 2.05) is 0 Å². The van der Waals surface area contributed by atoms with Gasteiger partial charge in [0, 0.05) is 0 Å². The molecule has 23 heavy (non-hydrogen) atoms. The number of halogens is 3. The third-order valence-electron chi connectivity index (χ3n) is 3.19. The van der Waals surface area contributed by atoms with E-state index in [2.05, 4.69) is 0 Å². The molecule has 1 aliphatic rings. The van der Waals surface area contributed by atoms with E-state index in [0.29, 0.717) is 35.3 Å². The quantitative estimate of drug-likeness (QED) is 0.770. The van der Waals surface area contributed by atoms with Crippen LogP contribution in [0.1, 0.15) is 15.9 Å². The number of esters is 1. The Kier molecular flexibility index (Phi) is 4.59. The maximum absolute atomic E-state index is 13.7. The number of fused-ring (bicyclic) bond motifs is 1. The van der Waals surface area contributed by atoms with Crippen molar-refractivity contribution in [2.24, 2.45) is 0 Å². The molecule has 0 N–H and O–H groups in total. The Morgan fingerprint density at radius 2 is 1.96 bits per heavy atom. The fourth-order valence-corrected chi connectivity index (χ4v) is 2.69. The first-order valence-electron chi connectivity index (χ1n) is 6.75. The summed E-state index contributed by atoms with van der Waals surface area (Å²) >= 11 is 11.9. The summed E-state index contributed by atoms with van der Waals surface area (Å²) in [6, 6.07) is 7.24. The van der Waals surface area contributed by atoms with Crippen molar-refractivity contribution in [3.8, 4) is 11.5 Å². The maximum Gasteiger partial charge on any atom is 0.342 e. The van der Waals surface area contributed by atoms with Crippen molar-refractivity contribution in [2.45, 2.75) is 6.61 Å². The zero-order chi connectivity index (χ0) is 16.4. The van der Waals surface area contributed by atoms with Crippen LogP contribution in [-0.4, -0.2) is 19.2 Å². The summed E-state index contributed by atoms with van der Waals surface area (Å²) in [6.45, 7) is 0.740. The molecule has 0 bridgehead atoms. The molecule has 2 aromatic rings. The van der Waals surface area contributed by atoms with E-state index in [-0.39, 0.29) is 17.2 Å². The molecule has 0 spiro atoms. The molecule has 0 aromatic heterocycles. The van der Waals surface area contributed by atoms with E-state index in [9.17, 15) is 9.18 Å². The third kappa shape index (κ3) is 3.35. The summed E-state index contributed by atoms with van der Waals surface area (Å²) in [6.07, 6.45) is 0. The highest BCUT2D eigenvalue weighted by molar-refractivity contribution is 6.33. The van der Waals surface area contributed by atoms with Crippen molar-refractivity contribution in [1.82, 2.24) is 0 Å². The number of carbonyl (C=O) groups is 1. The lowest BCUT2D eigenvalue weighted by atomic mass is 10.2. The summed E-state index contributed by atoms with van der Waals surface area (Å²) < 4.78 is 29.6. The van der Waals surface area contributed by atoms with Gasteiger partial charge in [0.2, 0.25) is 0 Å². The fraction of sp³-hybridized carbons (Fsp3) is 0.188. The molecule has 7 heteroatoms. The molecule has 2 aromatic carbocycles. The second kappa shape index (κ2) is 6.64. The summed E-state index contributed by atoms with van der Waals surface area (Å²) in [5, 5.41) is 0.354. The van der Waals surface area contributed by atoms with Gasteiger partial charge in [-0.1, -0.05) is 29.3 Å². The molecule has 0 aliphatic carbocycles. The Balaban J connectivity index is 1.76. The van der Waals surface area contributed by atoms with Gasteiger partial charge in [-0.25, -0.2) is 9.18 Å². The van der Waals surface area contributed by atoms with E-state index in [4.69, 9.17) is 37.4 Å². The van der Waals surface area contributed by atoms with E-state index >= 15 is 0 Å². The molecule has 0 amide bonds. The first-order valence-corrected chi connectivity index (χ1v) is 7.51. The molecular weight excluding hydrogens is 346 g/mol. The van der Waals surface area contributed by atoms with Gasteiger partial charge < -0.3 is 14.2 Å². The summed E-state index contributed by atoms with van der Waals surface area (Å²) in [4.78, 5) is 12.0. The van der Waals surface area contributed by atoms with Gasteiger partial charge in [0.25, 0.3) is 0 Å². The monoisotopic (exact) mass is 356 g/mol. The van der Waals surface area contributed by atoms with Crippen molar-refractivity contribution in [3.63, 3.8) is 0 Å². The molecular formula is C16H11Cl2FO4. The molecule has 3 rings (SSSR count). The highest BCUT2D eigenvalue weighted by atomic mass is 35.5. The molecule has 4 nitrogen and oxygen atoms in total. The average Bonchev–Trinajstić information content (AvgIpc) is 2.53. The Morgan fingerprint density at radius 1 is 1.17 bits per heavy atom. The minimum absolute atomic E-state index is 0.00444. The van der Waals surface area contributed by atoms with Crippen LogP contribution < -0.4 is 9.47 Å². The molecule has 120 valence electrons. The predicted octanol–water partition coefficient (Wildman–Crippen LogP) is 4.26. The van der Waals surface area contributed by atoms with E-state index in [0.717, 1.165) is 6.07 Å². The van der Waals surface area contributed by atoms with Crippen LogP contribution in [0.15, 0.2) is 30.3 Å². The first kappa shape index (κ1) is 15.9. The number of ether oxygens (including phenoxy) is 3. The van der Waals surface area contributed by atoms with Crippen LogP contribution in [0.5, 0.6) is 11.5 Å². The first-order chi connectivity index (χ1) is 11.1. The molecule has 0 atom stereocenters. The van der Waals surface area contributed by atoms with Crippen LogP contribution in [0, 0.1) is 5.82 Å². The minimum atomic E-state index is -0.848. The van der Waals surface area contributed by atoms with Crippen LogP contribution >= 0.6 is 23.2 Å². The fourth-order valence-electron chi connectivity index (χ4n) is 2.16. The number of carbonyl (C=O) groups excluding carboxylic acids is 1. The Bertz CT molecular complexity index is 744. The summed E-state index contributed by atoms with van der Waals surface area (Å²) in [7, 11) is 0. The highest BCUT2D eigenvalue weighted by Crippen LogP contribution is 2.38. The van der Waals surface area contributed by atoms with Crippen LogP contribution in [0.4, 0.5) is 4.39 Å². The lowest BCUT2D eigenvalue weighted by Gasteiger charge is -2.20. The molecule has 0 saturated carbocycles. The maximum atomic E-state index is 13.7. The Hall–Kier alpha value is -1.98. The molecule has 0 fully saturated rings. The highest BCUT2D eigenvalue weighted by Gasteiger charge is 2.19. The number of rotatable bonds is 3. The molecule has 1 heterocycles. The van der Waals surface area contributed by atoms with Gasteiger partial charge >= 0.3 is 5.97 Å². The largest absolute Gasteiger partial charge is 0.486 e. The zero-order valence-electron chi connectivity index (χ0n) is 11.8. The normalized spacial score (nSPS) is 12.8. The van der Waals surface area contributed by atoms with E-state index in [1.165, 1.54) is 12.1 Å². The Morgan fingerprint density at radius 3 is 2.74 bits per heavy atom. The number of benzene rings is 2. The zero-order valence-corrected chi connectivity index (χ0v) is 13.3. The lowest BCUT2D eigenvalue weighted by Crippen LogP contribution is -2.16. The van der Waals surface area contributed by atoms with Crippen molar-refractivity contribution < 1.29 is 23.4 Å². The van der Waals surface area contributed by atoms with Crippen molar-refractivity contribution in [2.75, 3.05) is 13.2 Å². The third-order valence-corrected chi connectivity index (χ3v) is 3.79. The van der Waals surface area contributed by atoms with E-state index in [1.54, 1.807) is 12.1 Å². The van der Waals surface area contributed by atoms with Gasteiger partial charge in [-0.2, -0.15) is 0 Å². The Labute approximate surface area is 141 Å². The second-order valence-electron chi connectivity index (χ2n) is 4.77. The number of hydrogen-bond acceptors (Lipinski definition) is 4. The molecule has 1 aliphatic heterocycles. The van der Waals surface area contributed by atoms with Gasteiger partial charge in [-0.05, 0) is 29.8 Å². The van der Waals surface area contributed by atoms with Crippen LogP contribution in [-0.2, 0) is 11.3 Å². The van der Waals surface area contributed by atoms with Crippen molar-refractivity contribution in [3.05, 3.63) is 57.3 Å². The molecule has 0 radical (unpaired) electrons. The standard InChI is InChI=1S/C16H11Cl2FO4/c17-10-2-1-3-12(19)14(10)16(20)23-8-9-6-11(18)15-13(7-9)21-4-5-22-15/h1-3,6-7H,4-5,8H2. The van der Waals surface area contributed by atoms with Gasteiger partial charge in [-0.3, -0.25) is 0 Å². The van der Waals surface area contributed by atoms with Gasteiger partial charge in [0.1, 0.15) is 31.2 Å². The van der Waals surface area contributed by atoms with Gasteiger partial charge in [0.05, 0.1) is 10.0 Å². The summed E-state index contributed by atoms with van der Waals surface area (Å²) in [5.41, 5.74) is 0.304. The van der Waals surface area contributed by atoms with Crippen LogP contribution in [0.25, 0.3) is 0 Å². The van der Waals surface area contributed by atoms with Crippen LogP contribution in [0.3, 0.4) is 0 Å². The van der Waals surface area contributed by atoms with Crippen LogP contribution in [0.2, 0.25) is 10.0 Å². The smallest absolute Gasteiger partial charge is 0.342 e. The minimum Gasteiger partial charge on any atom is -0.486 e. The SMILES string of the molecule is O=C(OCc1cc(Cl)c2c(c1)OCCO2)c1c(F)cccc1Cl. The van der Waals surface area contributed by atoms with Gasteiger partial charge in [0.15, 0.2) is 11.5 Å². The average molecular weight is 357 g/mol.